The molecular weight excluding hydrogens is 236 g/mol. The molecule has 3 nitrogen and oxygen atoms in total. The van der Waals surface area contributed by atoms with Gasteiger partial charge in [0, 0.05) is 18.8 Å². The van der Waals surface area contributed by atoms with Gasteiger partial charge in [-0.3, -0.25) is 4.79 Å². The summed E-state index contributed by atoms with van der Waals surface area (Å²) in [5.41, 5.74) is 7.02. The normalized spacial score (nSPS) is 16.4. The molecule has 1 saturated heterocycles. The third-order valence-electron chi connectivity index (χ3n) is 3.26. The number of nitrogens with zero attached hydrogens (tertiary/aromatic N) is 1. The van der Waals surface area contributed by atoms with Crippen LogP contribution in [0.4, 0.5) is 5.69 Å². The average molecular weight is 255 g/mol. The van der Waals surface area contributed by atoms with Crippen LogP contribution in [0, 0.1) is 5.92 Å². The van der Waals surface area contributed by atoms with Gasteiger partial charge >= 0.3 is 0 Å². The van der Waals surface area contributed by atoms with E-state index in [9.17, 15) is 4.79 Å². The van der Waals surface area contributed by atoms with Crippen LogP contribution in [0.3, 0.4) is 0 Å². The van der Waals surface area contributed by atoms with E-state index in [2.05, 4.69) is 6.92 Å². The summed E-state index contributed by atoms with van der Waals surface area (Å²) in [7, 11) is 0. The molecule has 1 fully saturated rings. The van der Waals surface area contributed by atoms with E-state index in [0.717, 1.165) is 31.8 Å². The number of likely N-dealkylation sites (tertiary alicyclic amines) is 1. The summed E-state index contributed by atoms with van der Waals surface area (Å²) in [5, 5.41) is 0. The monoisotopic (exact) mass is 254 g/mol. The highest BCUT2D eigenvalue weighted by Crippen LogP contribution is 2.20. The predicted octanol–water partition coefficient (Wildman–Crippen LogP) is 2.56. The van der Waals surface area contributed by atoms with Crippen molar-refractivity contribution in [3.8, 4) is 0 Å². The minimum Gasteiger partial charge on any atom is -0.398 e. The van der Waals surface area contributed by atoms with Crippen molar-refractivity contribution in [1.29, 1.82) is 0 Å². The molecule has 1 aromatic rings. The van der Waals surface area contributed by atoms with E-state index < -0.39 is 0 Å². The lowest BCUT2D eigenvalue weighted by atomic mass is 9.98. The fourth-order valence-electron chi connectivity index (χ4n) is 2.07. The van der Waals surface area contributed by atoms with Gasteiger partial charge in [0.1, 0.15) is 0 Å². The summed E-state index contributed by atoms with van der Waals surface area (Å²) < 4.78 is 0. The molecule has 2 rings (SSSR count). The third-order valence-corrected chi connectivity index (χ3v) is 3.26. The summed E-state index contributed by atoms with van der Waals surface area (Å²) >= 11 is 0. The van der Waals surface area contributed by atoms with Crippen molar-refractivity contribution in [1.82, 2.24) is 4.90 Å². The first-order chi connectivity index (χ1) is 7.68. The molecule has 1 amide bonds. The number of amides is 1. The van der Waals surface area contributed by atoms with Crippen LogP contribution in [0.1, 0.15) is 30.1 Å². The van der Waals surface area contributed by atoms with Crippen molar-refractivity contribution in [2.75, 3.05) is 18.8 Å². The Bertz CT molecular complexity index is 387. The molecular formula is C13H19ClN2O. The number of rotatable bonds is 1. The minimum atomic E-state index is 0. The summed E-state index contributed by atoms with van der Waals surface area (Å²) in [6, 6.07) is 7.29. The Hall–Kier alpha value is -1.22. The number of nitrogen functional groups attached to an aromatic ring is 1. The zero-order valence-electron chi connectivity index (χ0n) is 10.1. The van der Waals surface area contributed by atoms with Gasteiger partial charge in [-0.2, -0.15) is 0 Å². The van der Waals surface area contributed by atoms with Crippen molar-refractivity contribution in [3.63, 3.8) is 0 Å². The maximum absolute atomic E-state index is 12.2. The lowest BCUT2D eigenvalue weighted by molar-refractivity contribution is 0.0698. The van der Waals surface area contributed by atoms with Crippen LogP contribution in [-0.4, -0.2) is 23.9 Å². The summed E-state index contributed by atoms with van der Waals surface area (Å²) in [6.07, 6.45) is 2.19. The first kappa shape index (κ1) is 13.8. The van der Waals surface area contributed by atoms with E-state index in [1.165, 1.54) is 0 Å². The smallest absolute Gasteiger partial charge is 0.255 e. The number of benzene rings is 1. The molecule has 0 unspecified atom stereocenters. The number of halogens is 1. The van der Waals surface area contributed by atoms with Gasteiger partial charge in [0.05, 0.1) is 5.56 Å². The van der Waals surface area contributed by atoms with Gasteiger partial charge in [0.2, 0.25) is 0 Å². The largest absolute Gasteiger partial charge is 0.398 e. The molecule has 94 valence electrons. The van der Waals surface area contributed by atoms with Gasteiger partial charge in [-0.1, -0.05) is 19.1 Å². The number of para-hydroxylation sites is 1. The van der Waals surface area contributed by atoms with E-state index >= 15 is 0 Å². The molecule has 0 spiro atoms. The molecule has 0 bridgehead atoms. The molecule has 2 N–H and O–H groups in total. The van der Waals surface area contributed by atoms with Crippen molar-refractivity contribution in [2.45, 2.75) is 19.8 Å². The van der Waals surface area contributed by atoms with Gasteiger partial charge in [-0.15, -0.1) is 12.4 Å². The highest BCUT2D eigenvalue weighted by atomic mass is 35.5. The topological polar surface area (TPSA) is 46.3 Å². The van der Waals surface area contributed by atoms with Crippen molar-refractivity contribution < 1.29 is 4.79 Å². The van der Waals surface area contributed by atoms with Gasteiger partial charge in [0.25, 0.3) is 5.91 Å². The second-order valence-corrected chi connectivity index (χ2v) is 4.56. The fraction of sp³-hybridized carbons (Fsp3) is 0.462. The number of hydrogen-bond donors (Lipinski definition) is 1. The summed E-state index contributed by atoms with van der Waals surface area (Å²) in [5.74, 6) is 0.808. The average Bonchev–Trinajstić information content (AvgIpc) is 2.30. The number of carbonyl (C=O) groups is 1. The van der Waals surface area contributed by atoms with E-state index in [1.54, 1.807) is 12.1 Å². The highest BCUT2D eigenvalue weighted by molar-refractivity contribution is 5.99. The zero-order chi connectivity index (χ0) is 11.5. The molecule has 4 heteroatoms. The number of nitrogens with two attached hydrogens (primary N) is 1. The van der Waals surface area contributed by atoms with E-state index in [0.29, 0.717) is 11.3 Å². The Labute approximate surface area is 108 Å². The van der Waals surface area contributed by atoms with Gasteiger partial charge < -0.3 is 10.6 Å². The number of anilines is 1. The molecule has 1 aliphatic heterocycles. The van der Waals surface area contributed by atoms with Gasteiger partial charge in [0.15, 0.2) is 0 Å². The number of carbonyl (C=O) groups excluding carboxylic acids is 1. The Morgan fingerprint density at radius 1 is 1.29 bits per heavy atom. The Morgan fingerprint density at radius 2 is 1.88 bits per heavy atom. The number of piperidine rings is 1. The van der Waals surface area contributed by atoms with Crippen LogP contribution in [0.5, 0.6) is 0 Å². The molecule has 0 radical (unpaired) electrons. The molecule has 0 aromatic heterocycles. The van der Waals surface area contributed by atoms with Crippen molar-refractivity contribution in [3.05, 3.63) is 29.8 Å². The highest BCUT2D eigenvalue weighted by Gasteiger charge is 2.22. The van der Waals surface area contributed by atoms with Crippen LogP contribution in [0.25, 0.3) is 0 Å². The first-order valence-electron chi connectivity index (χ1n) is 5.82. The lowest BCUT2D eigenvalue weighted by Crippen LogP contribution is -2.38. The molecule has 1 aliphatic rings. The summed E-state index contributed by atoms with van der Waals surface area (Å²) in [4.78, 5) is 14.1. The van der Waals surface area contributed by atoms with Gasteiger partial charge in [-0.05, 0) is 30.9 Å². The second kappa shape index (κ2) is 5.92. The molecule has 17 heavy (non-hydrogen) atoms. The Balaban J connectivity index is 0.00000144. The maximum atomic E-state index is 12.2. The zero-order valence-corrected chi connectivity index (χ0v) is 10.9. The third kappa shape index (κ3) is 3.13. The quantitative estimate of drug-likeness (QED) is 0.783. The van der Waals surface area contributed by atoms with Crippen molar-refractivity contribution >= 4 is 24.0 Å². The SMILES string of the molecule is CC1CCN(C(=O)c2ccccc2N)CC1.Cl. The molecule has 0 atom stereocenters. The Morgan fingerprint density at radius 3 is 2.47 bits per heavy atom. The van der Waals surface area contributed by atoms with Crippen molar-refractivity contribution in [2.24, 2.45) is 5.92 Å². The Kier molecular flexibility index (Phi) is 4.82. The van der Waals surface area contributed by atoms with E-state index in [4.69, 9.17) is 5.73 Å². The van der Waals surface area contributed by atoms with Crippen LogP contribution in [0.15, 0.2) is 24.3 Å². The fourth-order valence-corrected chi connectivity index (χ4v) is 2.07. The molecule has 0 saturated carbocycles. The first-order valence-corrected chi connectivity index (χ1v) is 5.82. The lowest BCUT2D eigenvalue weighted by Gasteiger charge is -2.30. The van der Waals surface area contributed by atoms with Crippen LogP contribution in [0.2, 0.25) is 0 Å². The molecule has 0 aliphatic carbocycles. The van der Waals surface area contributed by atoms with Crippen LogP contribution < -0.4 is 5.73 Å². The minimum absolute atomic E-state index is 0. The van der Waals surface area contributed by atoms with Gasteiger partial charge in [-0.25, -0.2) is 0 Å². The summed E-state index contributed by atoms with van der Waals surface area (Å²) in [6.45, 7) is 3.95. The van der Waals surface area contributed by atoms with E-state index in [-0.39, 0.29) is 18.3 Å². The number of hydrogen-bond acceptors (Lipinski definition) is 2. The second-order valence-electron chi connectivity index (χ2n) is 4.56. The van der Waals surface area contributed by atoms with Crippen LogP contribution in [-0.2, 0) is 0 Å². The van der Waals surface area contributed by atoms with Crippen LogP contribution >= 0.6 is 12.4 Å². The van der Waals surface area contributed by atoms with E-state index in [1.807, 2.05) is 17.0 Å². The predicted molar refractivity (Wildman–Crippen MR) is 72.4 cm³/mol. The standard InChI is InChI=1S/C13H18N2O.ClH/c1-10-6-8-15(9-7-10)13(16)11-4-2-3-5-12(11)14;/h2-5,10H,6-9,14H2,1H3;1H. The molecule has 1 aromatic carbocycles. The molecule has 1 heterocycles. The maximum Gasteiger partial charge on any atom is 0.255 e.